The number of benzene rings is 1. The van der Waals surface area contributed by atoms with E-state index in [0.717, 1.165) is 18.5 Å². The predicted octanol–water partition coefficient (Wildman–Crippen LogP) is 3.54. The molecule has 0 spiro atoms. The number of aromatic nitrogens is 2. The lowest BCUT2D eigenvalue weighted by Gasteiger charge is -2.12. The third-order valence-electron chi connectivity index (χ3n) is 3.31. The lowest BCUT2D eigenvalue weighted by atomic mass is 10.2. The molecule has 0 atom stereocenters. The van der Waals surface area contributed by atoms with Gasteiger partial charge < -0.3 is 10.5 Å². The third-order valence-corrected chi connectivity index (χ3v) is 3.31. The summed E-state index contributed by atoms with van der Waals surface area (Å²) in [6.07, 6.45) is 4.01. The zero-order valence-corrected chi connectivity index (χ0v) is 11.8. The summed E-state index contributed by atoms with van der Waals surface area (Å²) in [6.45, 7) is 4.51. The highest BCUT2D eigenvalue weighted by Crippen LogP contribution is 2.21. The van der Waals surface area contributed by atoms with E-state index in [1.165, 1.54) is 12.1 Å². The second-order valence-corrected chi connectivity index (χ2v) is 4.74. The van der Waals surface area contributed by atoms with E-state index in [0.29, 0.717) is 11.7 Å². The van der Waals surface area contributed by atoms with Crippen LogP contribution in [0.1, 0.15) is 38.4 Å². The fourth-order valence-electron chi connectivity index (χ4n) is 2.11. The second kappa shape index (κ2) is 6.41. The number of halogens is 1. The van der Waals surface area contributed by atoms with Gasteiger partial charge in [-0.2, -0.15) is 5.10 Å². The van der Waals surface area contributed by atoms with Crippen LogP contribution in [0.2, 0.25) is 0 Å². The summed E-state index contributed by atoms with van der Waals surface area (Å²) in [4.78, 5) is 0. The molecule has 20 heavy (non-hydrogen) atoms. The van der Waals surface area contributed by atoms with Crippen LogP contribution < -0.4 is 10.5 Å². The Labute approximate surface area is 118 Å². The van der Waals surface area contributed by atoms with E-state index in [1.54, 1.807) is 6.07 Å². The molecular weight excluding hydrogens is 257 g/mol. The molecule has 0 amide bonds. The highest BCUT2D eigenvalue weighted by atomic mass is 19.1. The van der Waals surface area contributed by atoms with Crippen LogP contribution in [0, 0.1) is 5.82 Å². The molecule has 0 aliphatic heterocycles. The van der Waals surface area contributed by atoms with Gasteiger partial charge in [0.2, 0.25) is 0 Å². The van der Waals surface area contributed by atoms with E-state index in [1.807, 2.05) is 16.9 Å². The Hall–Kier alpha value is -2.04. The van der Waals surface area contributed by atoms with E-state index < -0.39 is 5.82 Å². The van der Waals surface area contributed by atoms with Gasteiger partial charge in [0.15, 0.2) is 11.6 Å². The largest absolute Gasteiger partial charge is 0.484 e. The fraction of sp³-hybridized carbons (Fsp3) is 0.400. The molecule has 1 aromatic heterocycles. The SMILES string of the molecule is CCC(CC)n1ccc(COc2ccc(N)cc2F)n1. The van der Waals surface area contributed by atoms with Crippen LogP contribution in [-0.2, 0) is 6.61 Å². The van der Waals surface area contributed by atoms with Gasteiger partial charge in [-0.1, -0.05) is 13.8 Å². The topological polar surface area (TPSA) is 53.1 Å². The first-order chi connectivity index (χ1) is 9.63. The maximum atomic E-state index is 13.6. The van der Waals surface area contributed by atoms with Gasteiger partial charge in [-0.05, 0) is 31.0 Å². The first-order valence-corrected chi connectivity index (χ1v) is 6.85. The predicted molar refractivity (Wildman–Crippen MR) is 77.0 cm³/mol. The van der Waals surface area contributed by atoms with Crippen molar-refractivity contribution in [3.63, 3.8) is 0 Å². The Balaban J connectivity index is 2.00. The van der Waals surface area contributed by atoms with Crippen molar-refractivity contribution in [3.8, 4) is 5.75 Å². The van der Waals surface area contributed by atoms with Gasteiger partial charge in [0.25, 0.3) is 0 Å². The van der Waals surface area contributed by atoms with E-state index in [9.17, 15) is 4.39 Å². The molecule has 0 aliphatic carbocycles. The van der Waals surface area contributed by atoms with Gasteiger partial charge >= 0.3 is 0 Å². The number of anilines is 1. The van der Waals surface area contributed by atoms with Crippen molar-refractivity contribution in [2.24, 2.45) is 0 Å². The summed E-state index contributed by atoms with van der Waals surface area (Å²) >= 11 is 0. The highest BCUT2D eigenvalue weighted by molar-refractivity contribution is 5.42. The summed E-state index contributed by atoms with van der Waals surface area (Å²) in [5.41, 5.74) is 6.66. The quantitative estimate of drug-likeness (QED) is 0.822. The van der Waals surface area contributed by atoms with Gasteiger partial charge in [0, 0.05) is 18.0 Å². The summed E-state index contributed by atoms with van der Waals surface area (Å²) in [7, 11) is 0. The monoisotopic (exact) mass is 277 g/mol. The maximum Gasteiger partial charge on any atom is 0.167 e. The number of nitrogens with zero attached hydrogens (tertiary/aromatic N) is 2. The Kier molecular flexibility index (Phi) is 4.61. The van der Waals surface area contributed by atoms with Crippen LogP contribution in [0.25, 0.3) is 0 Å². The van der Waals surface area contributed by atoms with E-state index in [2.05, 4.69) is 18.9 Å². The van der Waals surface area contributed by atoms with Crippen LogP contribution in [0.5, 0.6) is 5.75 Å². The van der Waals surface area contributed by atoms with E-state index in [-0.39, 0.29) is 12.4 Å². The molecule has 0 saturated carbocycles. The van der Waals surface area contributed by atoms with Crippen molar-refractivity contribution >= 4 is 5.69 Å². The fourth-order valence-corrected chi connectivity index (χ4v) is 2.11. The van der Waals surface area contributed by atoms with Crippen molar-refractivity contribution in [1.82, 2.24) is 9.78 Å². The van der Waals surface area contributed by atoms with Crippen LogP contribution >= 0.6 is 0 Å². The van der Waals surface area contributed by atoms with Gasteiger partial charge in [-0.3, -0.25) is 4.68 Å². The minimum atomic E-state index is -0.454. The number of hydrogen-bond donors (Lipinski definition) is 1. The van der Waals surface area contributed by atoms with Crippen molar-refractivity contribution < 1.29 is 9.13 Å². The first kappa shape index (κ1) is 14.4. The molecule has 0 bridgehead atoms. The van der Waals surface area contributed by atoms with E-state index in [4.69, 9.17) is 10.5 Å². The molecule has 0 aliphatic rings. The molecule has 2 N–H and O–H groups in total. The maximum absolute atomic E-state index is 13.6. The Morgan fingerprint density at radius 2 is 2.05 bits per heavy atom. The zero-order valence-electron chi connectivity index (χ0n) is 11.8. The van der Waals surface area contributed by atoms with Crippen molar-refractivity contribution in [2.45, 2.75) is 39.3 Å². The highest BCUT2D eigenvalue weighted by Gasteiger charge is 2.09. The summed E-state index contributed by atoms with van der Waals surface area (Å²) < 4.78 is 20.9. The first-order valence-electron chi connectivity index (χ1n) is 6.85. The summed E-state index contributed by atoms with van der Waals surface area (Å²) in [6, 6.07) is 6.69. The van der Waals surface area contributed by atoms with Crippen LogP contribution in [0.15, 0.2) is 30.5 Å². The number of hydrogen-bond acceptors (Lipinski definition) is 3. The molecule has 0 saturated heterocycles. The number of ether oxygens (including phenoxy) is 1. The van der Waals surface area contributed by atoms with Crippen molar-refractivity contribution in [1.29, 1.82) is 0 Å². The molecule has 2 aromatic rings. The van der Waals surface area contributed by atoms with Gasteiger partial charge in [-0.15, -0.1) is 0 Å². The third kappa shape index (κ3) is 3.29. The summed E-state index contributed by atoms with van der Waals surface area (Å²) in [5.74, 6) is -0.263. The normalized spacial score (nSPS) is 11.0. The number of nitrogen functional groups attached to an aromatic ring is 1. The molecule has 0 radical (unpaired) electrons. The van der Waals surface area contributed by atoms with Gasteiger partial charge in [-0.25, -0.2) is 4.39 Å². The van der Waals surface area contributed by atoms with Crippen molar-refractivity contribution in [2.75, 3.05) is 5.73 Å². The average Bonchev–Trinajstić information content (AvgIpc) is 2.88. The molecule has 2 rings (SSSR count). The van der Waals surface area contributed by atoms with Crippen LogP contribution in [0.4, 0.5) is 10.1 Å². The lowest BCUT2D eigenvalue weighted by Crippen LogP contribution is -2.08. The molecule has 0 fully saturated rings. The lowest BCUT2D eigenvalue weighted by molar-refractivity contribution is 0.282. The van der Waals surface area contributed by atoms with Crippen molar-refractivity contribution in [3.05, 3.63) is 42.0 Å². The smallest absolute Gasteiger partial charge is 0.167 e. The van der Waals surface area contributed by atoms with Crippen LogP contribution in [0.3, 0.4) is 0 Å². The minimum Gasteiger partial charge on any atom is -0.484 e. The Bertz CT molecular complexity index is 564. The Morgan fingerprint density at radius 3 is 2.70 bits per heavy atom. The number of rotatable bonds is 6. The minimum absolute atomic E-state index is 0.191. The van der Waals surface area contributed by atoms with Gasteiger partial charge in [0.1, 0.15) is 6.61 Å². The zero-order chi connectivity index (χ0) is 14.5. The molecule has 1 aromatic carbocycles. The van der Waals surface area contributed by atoms with Gasteiger partial charge in [0.05, 0.1) is 11.7 Å². The standard InChI is InChI=1S/C15H20FN3O/c1-3-13(4-2)19-8-7-12(18-19)10-20-15-6-5-11(17)9-14(15)16/h5-9,13H,3-4,10,17H2,1-2H3. The molecule has 1 heterocycles. The molecule has 0 unspecified atom stereocenters. The van der Waals surface area contributed by atoms with Crippen LogP contribution in [-0.4, -0.2) is 9.78 Å². The Morgan fingerprint density at radius 1 is 1.30 bits per heavy atom. The van der Waals surface area contributed by atoms with E-state index >= 15 is 0 Å². The second-order valence-electron chi connectivity index (χ2n) is 4.74. The molecule has 108 valence electrons. The number of nitrogens with two attached hydrogens (primary N) is 1. The summed E-state index contributed by atoms with van der Waals surface area (Å²) in [5, 5.41) is 4.46. The molecular formula is C15H20FN3O. The molecule has 5 heteroatoms. The average molecular weight is 277 g/mol. The molecule has 4 nitrogen and oxygen atoms in total.